The van der Waals surface area contributed by atoms with E-state index >= 15 is 0 Å². The minimum absolute atomic E-state index is 0.178. The number of halogens is 1. The summed E-state index contributed by atoms with van der Waals surface area (Å²) in [6.45, 7) is 2.85. The van der Waals surface area contributed by atoms with E-state index in [2.05, 4.69) is 10.3 Å². The molecule has 0 saturated carbocycles. The van der Waals surface area contributed by atoms with E-state index in [1.54, 1.807) is 12.1 Å². The highest BCUT2D eigenvalue weighted by Gasteiger charge is 2.23. The number of imidazole rings is 1. The van der Waals surface area contributed by atoms with Gasteiger partial charge >= 0.3 is 0 Å². The van der Waals surface area contributed by atoms with Gasteiger partial charge in [-0.15, -0.1) is 11.3 Å². The first-order chi connectivity index (χ1) is 14.6. The zero-order chi connectivity index (χ0) is 20.7. The molecule has 1 amide bonds. The van der Waals surface area contributed by atoms with Crippen molar-refractivity contribution in [1.29, 1.82) is 0 Å². The molecular formula is C22H18FN3O3S. The summed E-state index contributed by atoms with van der Waals surface area (Å²) in [6.07, 6.45) is 1.85. The third-order valence-corrected chi connectivity index (χ3v) is 5.84. The molecule has 4 aromatic rings. The summed E-state index contributed by atoms with van der Waals surface area (Å²) in [5.74, 6) is 0.973. The fourth-order valence-corrected chi connectivity index (χ4v) is 4.13. The van der Waals surface area contributed by atoms with E-state index in [0.717, 1.165) is 16.1 Å². The number of aromatic nitrogens is 2. The molecule has 0 spiro atoms. The SMILES string of the molecule is CC(C(=O)Nc1c(-c2ccc(F)cc2)nc2sccn12)c1ccc2c(c1)OCCO2. The van der Waals surface area contributed by atoms with Crippen LogP contribution in [0.5, 0.6) is 11.5 Å². The number of thiazole rings is 1. The number of ether oxygens (including phenoxy) is 2. The van der Waals surface area contributed by atoms with E-state index in [-0.39, 0.29) is 11.7 Å². The second-order valence-corrected chi connectivity index (χ2v) is 7.86. The maximum atomic E-state index is 13.4. The van der Waals surface area contributed by atoms with Gasteiger partial charge in [0.05, 0.1) is 5.92 Å². The molecule has 0 bridgehead atoms. The maximum Gasteiger partial charge on any atom is 0.232 e. The number of fused-ring (bicyclic) bond motifs is 2. The highest BCUT2D eigenvalue weighted by molar-refractivity contribution is 7.15. The Morgan fingerprint density at radius 1 is 1.17 bits per heavy atom. The Morgan fingerprint density at radius 3 is 2.73 bits per heavy atom. The number of amides is 1. The molecule has 1 N–H and O–H groups in total. The van der Waals surface area contributed by atoms with Crippen molar-refractivity contribution in [3.63, 3.8) is 0 Å². The van der Waals surface area contributed by atoms with Crippen molar-refractivity contribution in [2.24, 2.45) is 0 Å². The maximum absolute atomic E-state index is 13.4. The van der Waals surface area contributed by atoms with Crippen LogP contribution in [0.25, 0.3) is 16.2 Å². The first-order valence-electron chi connectivity index (χ1n) is 9.52. The van der Waals surface area contributed by atoms with Gasteiger partial charge < -0.3 is 14.8 Å². The average molecular weight is 423 g/mol. The highest BCUT2D eigenvalue weighted by Crippen LogP contribution is 2.35. The molecule has 0 saturated heterocycles. The Kier molecular flexibility index (Phi) is 4.63. The number of carbonyl (C=O) groups excluding carboxylic acids is 1. The van der Waals surface area contributed by atoms with Crippen LogP contribution < -0.4 is 14.8 Å². The Bertz CT molecular complexity index is 1230. The van der Waals surface area contributed by atoms with Crippen LogP contribution in [0.15, 0.2) is 54.0 Å². The van der Waals surface area contributed by atoms with Gasteiger partial charge in [-0.3, -0.25) is 9.20 Å². The van der Waals surface area contributed by atoms with Gasteiger partial charge in [0, 0.05) is 17.1 Å². The molecule has 5 rings (SSSR count). The molecule has 1 unspecified atom stereocenters. The lowest BCUT2D eigenvalue weighted by atomic mass is 9.99. The van der Waals surface area contributed by atoms with Gasteiger partial charge in [-0.25, -0.2) is 9.37 Å². The number of nitrogens with one attached hydrogen (secondary N) is 1. The van der Waals surface area contributed by atoms with Crippen molar-refractivity contribution in [3.05, 3.63) is 65.4 Å². The van der Waals surface area contributed by atoms with Crippen molar-refractivity contribution < 1.29 is 18.7 Å². The minimum atomic E-state index is -0.425. The van der Waals surface area contributed by atoms with E-state index in [4.69, 9.17) is 9.47 Å². The number of benzene rings is 2. The molecule has 30 heavy (non-hydrogen) atoms. The molecule has 1 aliphatic heterocycles. The molecule has 0 radical (unpaired) electrons. The summed E-state index contributed by atoms with van der Waals surface area (Å²) in [5.41, 5.74) is 2.16. The van der Waals surface area contributed by atoms with E-state index in [0.29, 0.717) is 36.2 Å². The molecular weight excluding hydrogens is 405 g/mol. The van der Waals surface area contributed by atoms with Crippen molar-refractivity contribution >= 4 is 28.0 Å². The van der Waals surface area contributed by atoms with E-state index < -0.39 is 5.92 Å². The number of rotatable bonds is 4. The molecule has 6 nitrogen and oxygen atoms in total. The van der Waals surface area contributed by atoms with Crippen LogP contribution >= 0.6 is 11.3 Å². The largest absolute Gasteiger partial charge is 0.486 e. The van der Waals surface area contributed by atoms with Crippen molar-refractivity contribution in [2.45, 2.75) is 12.8 Å². The van der Waals surface area contributed by atoms with Crippen molar-refractivity contribution in [2.75, 3.05) is 18.5 Å². The Morgan fingerprint density at radius 2 is 1.93 bits per heavy atom. The summed E-state index contributed by atoms with van der Waals surface area (Å²) in [7, 11) is 0. The lowest BCUT2D eigenvalue weighted by molar-refractivity contribution is -0.117. The Hall–Kier alpha value is -3.39. The zero-order valence-corrected chi connectivity index (χ0v) is 16.9. The summed E-state index contributed by atoms with van der Waals surface area (Å²) in [5, 5.41) is 4.91. The summed E-state index contributed by atoms with van der Waals surface area (Å²) in [4.78, 5) is 18.5. The third kappa shape index (κ3) is 3.29. The molecule has 152 valence electrons. The lowest BCUT2D eigenvalue weighted by Crippen LogP contribution is -2.21. The predicted molar refractivity (Wildman–Crippen MR) is 113 cm³/mol. The lowest BCUT2D eigenvalue weighted by Gasteiger charge is -2.20. The van der Waals surface area contributed by atoms with Crippen molar-refractivity contribution in [1.82, 2.24) is 9.38 Å². The van der Waals surface area contributed by atoms with Gasteiger partial charge in [0.25, 0.3) is 0 Å². The van der Waals surface area contributed by atoms with Gasteiger partial charge in [-0.2, -0.15) is 0 Å². The topological polar surface area (TPSA) is 64.9 Å². The molecule has 3 heterocycles. The first-order valence-corrected chi connectivity index (χ1v) is 10.4. The molecule has 1 aliphatic rings. The second kappa shape index (κ2) is 7.46. The second-order valence-electron chi connectivity index (χ2n) is 6.99. The first kappa shape index (κ1) is 18.6. The van der Waals surface area contributed by atoms with Gasteiger partial charge in [0.1, 0.15) is 30.5 Å². The molecule has 2 aromatic carbocycles. The number of anilines is 1. The molecule has 1 atom stereocenters. The number of carbonyl (C=O) groups is 1. The third-order valence-electron chi connectivity index (χ3n) is 5.08. The van der Waals surface area contributed by atoms with Crippen LogP contribution in [-0.4, -0.2) is 28.5 Å². The van der Waals surface area contributed by atoms with Crippen LogP contribution in [0, 0.1) is 5.82 Å². The summed E-state index contributed by atoms with van der Waals surface area (Å²) < 4.78 is 26.4. The molecule has 0 fully saturated rings. The van der Waals surface area contributed by atoms with Gasteiger partial charge in [-0.1, -0.05) is 6.07 Å². The van der Waals surface area contributed by atoms with E-state index in [1.165, 1.54) is 23.5 Å². The normalized spacial score (nSPS) is 13.9. The van der Waals surface area contributed by atoms with Gasteiger partial charge in [-0.05, 0) is 48.9 Å². The highest BCUT2D eigenvalue weighted by atomic mass is 32.1. The average Bonchev–Trinajstić information content (AvgIpc) is 3.36. The van der Waals surface area contributed by atoms with E-state index in [9.17, 15) is 9.18 Å². The van der Waals surface area contributed by atoms with Crippen LogP contribution in [0.1, 0.15) is 18.4 Å². The summed E-state index contributed by atoms with van der Waals surface area (Å²) in [6, 6.07) is 11.6. The standard InChI is InChI=1S/C22H18FN3O3S/c1-13(15-4-7-17-18(12-15)29-10-9-28-17)21(27)25-20-19(14-2-5-16(23)6-3-14)24-22-26(20)8-11-30-22/h2-8,11-13H,9-10H2,1H3,(H,25,27). The molecule has 0 aliphatic carbocycles. The number of hydrogen-bond donors (Lipinski definition) is 1. The fourth-order valence-electron chi connectivity index (χ4n) is 3.42. The molecule has 8 heteroatoms. The Labute approximate surface area is 175 Å². The van der Waals surface area contributed by atoms with Crippen LogP contribution in [0.3, 0.4) is 0 Å². The number of hydrogen-bond acceptors (Lipinski definition) is 5. The monoisotopic (exact) mass is 423 g/mol. The van der Waals surface area contributed by atoms with E-state index in [1.807, 2.05) is 41.1 Å². The van der Waals surface area contributed by atoms with Crippen LogP contribution in [0.4, 0.5) is 10.2 Å². The van der Waals surface area contributed by atoms with Crippen LogP contribution in [-0.2, 0) is 4.79 Å². The minimum Gasteiger partial charge on any atom is -0.486 e. The molecule has 2 aromatic heterocycles. The van der Waals surface area contributed by atoms with Crippen molar-refractivity contribution in [3.8, 4) is 22.8 Å². The van der Waals surface area contributed by atoms with Crippen LogP contribution in [0.2, 0.25) is 0 Å². The quantitative estimate of drug-likeness (QED) is 0.516. The van der Waals surface area contributed by atoms with Gasteiger partial charge in [0.15, 0.2) is 16.5 Å². The number of nitrogens with zero attached hydrogens (tertiary/aromatic N) is 2. The summed E-state index contributed by atoms with van der Waals surface area (Å²) >= 11 is 1.46. The fraction of sp³-hybridized carbons (Fsp3) is 0.182. The zero-order valence-electron chi connectivity index (χ0n) is 16.1. The predicted octanol–water partition coefficient (Wildman–Crippen LogP) is 4.72. The van der Waals surface area contributed by atoms with Gasteiger partial charge in [0.2, 0.25) is 5.91 Å². The Balaban J connectivity index is 1.46. The smallest absolute Gasteiger partial charge is 0.232 e.